The fourth-order valence-corrected chi connectivity index (χ4v) is 26.9. The average molecular weight is 545 g/mol. The molecule has 192 valence electrons. The van der Waals surface area contributed by atoms with Crippen molar-refractivity contribution in [1.29, 1.82) is 0 Å². The lowest BCUT2D eigenvalue weighted by atomic mass is 10.5. The van der Waals surface area contributed by atoms with Gasteiger partial charge in [-0.05, 0) is 77.9 Å². The van der Waals surface area contributed by atoms with Crippen LogP contribution >= 0.6 is 0 Å². The van der Waals surface area contributed by atoms with E-state index in [0.29, 0.717) is 19.4 Å². The van der Waals surface area contributed by atoms with Crippen LogP contribution in [0.2, 0.25) is 71.5 Å². The molecule has 0 aromatic carbocycles. The molecule has 0 bridgehead atoms. The summed E-state index contributed by atoms with van der Waals surface area (Å²) in [6.07, 6.45) is 1.49. The van der Waals surface area contributed by atoms with Crippen molar-refractivity contribution in [1.82, 2.24) is 0 Å². The molecule has 0 aromatic heterocycles. The second kappa shape index (κ2) is 12.6. The summed E-state index contributed by atoms with van der Waals surface area (Å²) < 4.78 is 43.4. The highest BCUT2D eigenvalue weighted by molar-refractivity contribution is 6.90. The van der Waals surface area contributed by atoms with Gasteiger partial charge in [-0.15, -0.1) is 0 Å². The van der Waals surface area contributed by atoms with Crippen LogP contribution in [0, 0.1) is 0 Å². The van der Waals surface area contributed by atoms with Gasteiger partial charge in [0.25, 0.3) is 0 Å². The average Bonchev–Trinajstić information content (AvgIpc) is 3.33. The standard InChI is InChI=1S/C19H48O8Si5/c1-28(2,3)24-30(7,8)26-32(10,18-22-14-12-20)27-31(9,25-29(4,5)6)15-11-13-21-16-19-17-23-19/h19-20H,11-18H2,1-10H3. The molecule has 1 saturated heterocycles. The van der Waals surface area contributed by atoms with Gasteiger partial charge in [0.2, 0.25) is 0 Å². The highest BCUT2D eigenvalue weighted by atomic mass is 28.5. The lowest BCUT2D eigenvalue weighted by molar-refractivity contribution is 0.101. The number of aliphatic hydroxyl groups is 1. The third-order valence-corrected chi connectivity index (χ3v) is 21.9. The van der Waals surface area contributed by atoms with Crippen molar-refractivity contribution in [3.05, 3.63) is 0 Å². The molecule has 3 atom stereocenters. The normalized spacial score (nSPS) is 21.3. The quantitative estimate of drug-likeness (QED) is 0.158. The first-order chi connectivity index (χ1) is 14.5. The van der Waals surface area contributed by atoms with Gasteiger partial charge in [-0.1, -0.05) is 0 Å². The zero-order chi connectivity index (χ0) is 24.7. The molecule has 0 radical (unpaired) electrons. The van der Waals surface area contributed by atoms with Crippen LogP contribution in [-0.2, 0) is 30.7 Å². The van der Waals surface area contributed by atoms with Gasteiger partial charge in [-0.2, -0.15) is 0 Å². The number of aliphatic hydroxyl groups excluding tert-OH is 1. The number of ether oxygens (including phenoxy) is 3. The minimum atomic E-state index is -2.81. The lowest BCUT2D eigenvalue weighted by Gasteiger charge is -2.44. The van der Waals surface area contributed by atoms with Crippen molar-refractivity contribution in [2.24, 2.45) is 0 Å². The summed E-state index contributed by atoms with van der Waals surface area (Å²) in [7, 11) is -11.5. The van der Waals surface area contributed by atoms with Crippen molar-refractivity contribution in [3.63, 3.8) is 0 Å². The molecule has 1 fully saturated rings. The SMILES string of the molecule is C[Si](C)(C)O[Si](C)(C)O[Si](C)(COCCO)O[Si](C)(CCCOCC1CO1)O[Si](C)(C)C. The molecule has 0 saturated carbocycles. The molecule has 13 heteroatoms. The number of epoxide rings is 1. The minimum absolute atomic E-state index is 0.0289. The van der Waals surface area contributed by atoms with E-state index in [1.54, 1.807) is 0 Å². The molecule has 0 amide bonds. The van der Waals surface area contributed by atoms with Gasteiger partial charge in [-0.3, -0.25) is 0 Å². The van der Waals surface area contributed by atoms with E-state index in [1.165, 1.54) is 0 Å². The Morgan fingerprint density at radius 1 is 0.750 bits per heavy atom. The molecule has 1 aliphatic rings. The number of hydrogen-bond donors (Lipinski definition) is 1. The van der Waals surface area contributed by atoms with E-state index in [0.717, 1.165) is 19.1 Å². The van der Waals surface area contributed by atoms with E-state index in [2.05, 4.69) is 58.9 Å². The predicted molar refractivity (Wildman–Crippen MR) is 140 cm³/mol. The Balaban J connectivity index is 2.93. The summed E-state index contributed by atoms with van der Waals surface area (Å²) in [5, 5.41) is 9.21. The summed E-state index contributed by atoms with van der Waals surface area (Å²) in [5.41, 5.74) is 0. The molecule has 0 spiro atoms. The molecular weight excluding hydrogens is 497 g/mol. The van der Waals surface area contributed by atoms with Crippen LogP contribution < -0.4 is 0 Å². The molecule has 0 aliphatic carbocycles. The Hall–Kier alpha value is 0.764. The molecule has 1 heterocycles. The van der Waals surface area contributed by atoms with Crippen LogP contribution in [0.1, 0.15) is 6.42 Å². The van der Waals surface area contributed by atoms with Crippen molar-refractivity contribution in [2.45, 2.75) is 84.0 Å². The van der Waals surface area contributed by atoms with Crippen molar-refractivity contribution in [2.75, 3.05) is 39.3 Å². The molecule has 3 unspecified atom stereocenters. The first kappa shape index (κ1) is 30.8. The highest BCUT2D eigenvalue weighted by Crippen LogP contribution is 2.29. The molecule has 8 nitrogen and oxygen atoms in total. The van der Waals surface area contributed by atoms with Crippen molar-refractivity contribution in [3.8, 4) is 0 Å². The van der Waals surface area contributed by atoms with Gasteiger partial charge in [0.05, 0.1) is 32.7 Å². The summed E-state index contributed by atoms with van der Waals surface area (Å²) in [4.78, 5) is 0. The molecule has 32 heavy (non-hydrogen) atoms. The maximum absolute atomic E-state index is 9.21. The van der Waals surface area contributed by atoms with Gasteiger partial charge < -0.3 is 35.8 Å². The second-order valence-electron chi connectivity index (χ2n) is 11.2. The lowest BCUT2D eigenvalue weighted by Crippen LogP contribution is -2.62. The number of hydrogen-bond acceptors (Lipinski definition) is 8. The van der Waals surface area contributed by atoms with E-state index >= 15 is 0 Å². The fourth-order valence-electron chi connectivity index (χ4n) is 3.78. The van der Waals surface area contributed by atoms with E-state index in [4.69, 9.17) is 30.7 Å². The third-order valence-electron chi connectivity index (χ3n) is 4.19. The molecule has 1 N–H and O–H groups in total. The fraction of sp³-hybridized carbons (Fsp3) is 1.00. The Bertz CT molecular complexity index is 553. The van der Waals surface area contributed by atoms with Gasteiger partial charge in [0.1, 0.15) is 6.10 Å². The van der Waals surface area contributed by atoms with Gasteiger partial charge in [0, 0.05) is 6.61 Å². The first-order valence-electron chi connectivity index (χ1n) is 11.7. The largest absolute Gasteiger partial charge is 0.437 e. The zero-order valence-corrected chi connectivity index (χ0v) is 27.0. The van der Waals surface area contributed by atoms with E-state index in [9.17, 15) is 5.11 Å². The van der Waals surface area contributed by atoms with Crippen LogP contribution in [0.5, 0.6) is 0 Å². The molecule has 0 aromatic rings. The van der Waals surface area contributed by atoms with Crippen LogP contribution in [0.4, 0.5) is 0 Å². The van der Waals surface area contributed by atoms with Crippen LogP contribution in [0.25, 0.3) is 0 Å². The molecular formula is C19H48O8Si5. The van der Waals surface area contributed by atoms with E-state index < -0.39 is 42.3 Å². The summed E-state index contributed by atoms with van der Waals surface area (Å²) in [5.74, 6) is 0. The topological polar surface area (TPSA) is 88.1 Å². The maximum atomic E-state index is 9.21. The molecule has 1 rings (SSSR count). The Morgan fingerprint density at radius 2 is 1.34 bits per heavy atom. The predicted octanol–water partition coefficient (Wildman–Crippen LogP) is 3.92. The Kier molecular flexibility index (Phi) is 12.2. The minimum Gasteiger partial charge on any atom is -0.437 e. The smallest absolute Gasteiger partial charge is 0.344 e. The molecule has 1 aliphatic heterocycles. The Labute approximate surface area is 201 Å². The van der Waals surface area contributed by atoms with Gasteiger partial charge >= 0.3 is 25.7 Å². The van der Waals surface area contributed by atoms with Crippen molar-refractivity contribution >= 4 is 42.3 Å². The third kappa shape index (κ3) is 14.9. The Morgan fingerprint density at radius 3 is 1.84 bits per heavy atom. The summed E-state index contributed by atoms with van der Waals surface area (Å²) >= 11 is 0. The van der Waals surface area contributed by atoms with E-state index in [-0.39, 0.29) is 19.3 Å². The summed E-state index contributed by atoms with van der Waals surface area (Å²) in [6, 6.07) is 0.825. The van der Waals surface area contributed by atoms with Gasteiger partial charge in [0.15, 0.2) is 16.6 Å². The van der Waals surface area contributed by atoms with Crippen molar-refractivity contribution < 1.29 is 35.8 Å². The van der Waals surface area contributed by atoms with Crippen LogP contribution in [0.3, 0.4) is 0 Å². The highest BCUT2D eigenvalue weighted by Gasteiger charge is 2.49. The zero-order valence-electron chi connectivity index (χ0n) is 22.0. The maximum Gasteiger partial charge on any atom is 0.344 e. The van der Waals surface area contributed by atoms with Crippen LogP contribution in [0.15, 0.2) is 0 Å². The summed E-state index contributed by atoms with van der Waals surface area (Å²) in [6.45, 7) is 23.8. The van der Waals surface area contributed by atoms with Crippen LogP contribution in [-0.4, -0.2) is 92.8 Å². The van der Waals surface area contributed by atoms with Gasteiger partial charge in [-0.25, -0.2) is 0 Å². The van der Waals surface area contributed by atoms with E-state index in [1.807, 2.05) is 6.55 Å². The number of rotatable bonds is 18. The second-order valence-corrected chi connectivity index (χ2v) is 31.0. The first-order valence-corrected chi connectivity index (χ1v) is 26.3. The monoisotopic (exact) mass is 544 g/mol.